The van der Waals surface area contributed by atoms with E-state index in [0.29, 0.717) is 23.1 Å². The molecule has 0 unspecified atom stereocenters. The van der Waals surface area contributed by atoms with E-state index in [2.05, 4.69) is 15.3 Å². The van der Waals surface area contributed by atoms with Crippen LogP contribution in [0.2, 0.25) is 5.02 Å². The molecule has 0 fully saturated rings. The van der Waals surface area contributed by atoms with E-state index < -0.39 is 0 Å². The zero-order valence-corrected chi connectivity index (χ0v) is 18.6. The van der Waals surface area contributed by atoms with E-state index in [1.54, 1.807) is 29.1 Å². The SMILES string of the molecule is O=C(CSc1nc(=O)n(Cc2ccncc2)c2c1CCCC2)NCc1ccc(Cl)cc1. The molecule has 160 valence electrons. The lowest BCUT2D eigenvalue weighted by Gasteiger charge is -2.22. The second-order valence-electron chi connectivity index (χ2n) is 7.47. The number of fused-ring (bicyclic) bond motifs is 1. The average Bonchev–Trinajstić information content (AvgIpc) is 2.80. The molecule has 6 nitrogen and oxygen atoms in total. The molecule has 0 aliphatic heterocycles. The Morgan fingerprint density at radius 2 is 1.81 bits per heavy atom. The summed E-state index contributed by atoms with van der Waals surface area (Å²) in [6.45, 7) is 0.929. The molecule has 4 rings (SSSR count). The summed E-state index contributed by atoms with van der Waals surface area (Å²) in [5.74, 6) is 0.133. The molecule has 8 heteroatoms. The third-order valence-electron chi connectivity index (χ3n) is 5.28. The van der Waals surface area contributed by atoms with Crippen molar-refractivity contribution in [3.05, 3.63) is 86.7 Å². The predicted octanol–water partition coefficient (Wildman–Crippen LogP) is 3.63. The van der Waals surface area contributed by atoms with Crippen molar-refractivity contribution < 1.29 is 4.79 Å². The summed E-state index contributed by atoms with van der Waals surface area (Å²) in [5.41, 5.74) is 3.90. The summed E-state index contributed by atoms with van der Waals surface area (Å²) in [4.78, 5) is 33.5. The van der Waals surface area contributed by atoms with E-state index in [1.807, 2.05) is 24.3 Å². The minimum Gasteiger partial charge on any atom is -0.351 e. The van der Waals surface area contributed by atoms with Gasteiger partial charge in [-0.1, -0.05) is 35.5 Å². The zero-order valence-electron chi connectivity index (χ0n) is 17.0. The highest BCUT2D eigenvalue weighted by Crippen LogP contribution is 2.28. The van der Waals surface area contributed by atoms with Gasteiger partial charge >= 0.3 is 5.69 Å². The summed E-state index contributed by atoms with van der Waals surface area (Å²) in [6, 6.07) is 11.2. The maximum absolute atomic E-state index is 12.8. The number of hydrogen-bond donors (Lipinski definition) is 1. The quantitative estimate of drug-likeness (QED) is 0.435. The first-order chi connectivity index (χ1) is 15.1. The van der Waals surface area contributed by atoms with Crippen LogP contribution in [0.25, 0.3) is 0 Å². The number of carbonyl (C=O) groups excluding carboxylic acids is 1. The number of rotatable bonds is 7. The van der Waals surface area contributed by atoms with Crippen molar-refractivity contribution >= 4 is 29.3 Å². The molecule has 2 aromatic heterocycles. The Morgan fingerprint density at radius 3 is 2.58 bits per heavy atom. The largest absolute Gasteiger partial charge is 0.351 e. The van der Waals surface area contributed by atoms with Gasteiger partial charge < -0.3 is 5.32 Å². The predicted molar refractivity (Wildman–Crippen MR) is 123 cm³/mol. The molecule has 0 bridgehead atoms. The normalized spacial score (nSPS) is 12.9. The molecule has 1 aromatic carbocycles. The third kappa shape index (κ3) is 5.54. The Hall–Kier alpha value is -2.64. The van der Waals surface area contributed by atoms with E-state index in [0.717, 1.165) is 48.1 Å². The van der Waals surface area contributed by atoms with Gasteiger partial charge in [0.05, 0.1) is 12.3 Å². The van der Waals surface area contributed by atoms with Crippen molar-refractivity contribution in [1.82, 2.24) is 19.9 Å². The Morgan fingerprint density at radius 1 is 1.06 bits per heavy atom. The molecule has 1 amide bonds. The number of nitrogens with one attached hydrogen (secondary N) is 1. The molecule has 0 saturated heterocycles. The topological polar surface area (TPSA) is 76.9 Å². The van der Waals surface area contributed by atoms with Crippen LogP contribution < -0.4 is 11.0 Å². The minimum atomic E-state index is -0.262. The van der Waals surface area contributed by atoms with E-state index in [1.165, 1.54) is 11.8 Å². The second kappa shape index (κ2) is 10.1. The highest BCUT2D eigenvalue weighted by molar-refractivity contribution is 7.99. The minimum absolute atomic E-state index is 0.0905. The number of thioether (sulfide) groups is 1. The van der Waals surface area contributed by atoms with Gasteiger partial charge in [-0.2, -0.15) is 4.98 Å². The van der Waals surface area contributed by atoms with E-state index in [4.69, 9.17) is 11.6 Å². The highest BCUT2D eigenvalue weighted by Gasteiger charge is 2.21. The van der Waals surface area contributed by atoms with Crippen molar-refractivity contribution in [2.45, 2.75) is 43.8 Å². The average molecular weight is 455 g/mol. The molecule has 1 aliphatic carbocycles. The lowest BCUT2D eigenvalue weighted by atomic mass is 9.97. The van der Waals surface area contributed by atoms with Gasteiger partial charge in [0.1, 0.15) is 5.03 Å². The Balaban J connectivity index is 1.46. The fourth-order valence-corrected chi connectivity index (χ4v) is 4.72. The molecule has 1 aliphatic rings. The maximum atomic E-state index is 12.8. The number of aromatic nitrogens is 3. The fraction of sp³-hybridized carbons (Fsp3) is 0.304. The van der Waals surface area contributed by atoms with E-state index in [-0.39, 0.29) is 17.3 Å². The standard InChI is InChI=1S/C23H23ClN4O2S/c24-18-7-5-16(6-8-18)13-26-21(29)15-31-22-19-3-1-2-4-20(19)28(23(30)27-22)14-17-9-11-25-12-10-17/h5-12H,1-4,13-15H2,(H,26,29). The second-order valence-corrected chi connectivity index (χ2v) is 8.87. The van der Waals surface area contributed by atoms with E-state index in [9.17, 15) is 9.59 Å². The summed E-state index contributed by atoms with van der Waals surface area (Å²) in [6.07, 6.45) is 7.32. The van der Waals surface area contributed by atoms with Gasteiger partial charge in [0, 0.05) is 35.2 Å². The highest BCUT2D eigenvalue weighted by atomic mass is 35.5. The van der Waals surface area contributed by atoms with Crippen LogP contribution in [0.4, 0.5) is 0 Å². The van der Waals surface area contributed by atoms with Crippen molar-refractivity contribution in [1.29, 1.82) is 0 Å². The molecular weight excluding hydrogens is 432 g/mol. The van der Waals surface area contributed by atoms with Gasteiger partial charge in [0.15, 0.2) is 0 Å². The molecule has 2 heterocycles. The molecule has 31 heavy (non-hydrogen) atoms. The van der Waals surface area contributed by atoms with Gasteiger partial charge in [0.2, 0.25) is 5.91 Å². The van der Waals surface area contributed by atoms with Crippen LogP contribution in [0.5, 0.6) is 0 Å². The molecule has 1 N–H and O–H groups in total. The van der Waals surface area contributed by atoms with E-state index >= 15 is 0 Å². The van der Waals surface area contributed by atoms with Crippen LogP contribution in [0.1, 0.15) is 35.2 Å². The number of pyridine rings is 1. The van der Waals surface area contributed by atoms with Gasteiger partial charge in [0.25, 0.3) is 0 Å². The molecule has 0 spiro atoms. The van der Waals surface area contributed by atoms with Crippen LogP contribution in [0.3, 0.4) is 0 Å². The first-order valence-electron chi connectivity index (χ1n) is 10.3. The number of benzene rings is 1. The van der Waals surface area contributed by atoms with Crippen LogP contribution in [-0.2, 0) is 30.7 Å². The van der Waals surface area contributed by atoms with Crippen LogP contribution in [0, 0.1) is 0 Å². The molecule has 0 atom stereocenters. The lowest BCUT2D eigenvalue weighted by Crippen LogP contribution is -2.31. The van der Waals surface area contributed by atoms with Crippen LogP contribution in [-0.4, -0.2) is 26.2 Å². The summed E-state index contributed by atoms with van der Waals surface area (Å²) < 4.78 is 1.77. The summed E-state index contributed by atoms with van der Waals surface area (Å²) >= 11 is 7.23. The smallest absolute Gasteiger partial charge is 0.349 e. The van der Waals surface area contributed by atoms with Crippen molar-refractivity contribution in [2.75, 3.05) is 5.75 Å². The maximum Gasteiger partial charge on any atom is 0.349 e. The number of hydrogen-bond acceptors (Lipinski definition) is 5. The van der Waals surface area contributed by atoms with Gasteiger partial charge in [-0.05, 0) is 61.1 Å². The van der Waals surface area contributed by atoms with Crippen molar-refractivity contribution in [3.8, 4) is 0 Å². The summed E-state index contributed by atoms with van der Waals surface area (Å²) in [7, 11) is 0. The third-order valence-corrected chi connectivity index (χ3v) is 6.55. The number of nitrogens with zero attached hydrogens (tertiary/aromatic N) is 3. The van der Waals surface area contributed by atoms with Crippen LogP contribution >= 0.6 is 23.4 Å². The Labute approximate surface area is 190 Å². The number of carbonyl (C=O) groups is 1. The summed E-state index contributed by atoms with van der Waals surface area (Å²) in [5, 5.41) is 4.26. The number of halogens is 1. The molecular formula is C23H23ClN4O2S. The fourth-order valence-electron chi connectivity index (χ4n) is 3.69. The van der Waals surface area contributed by atoms with Gasteiger partial charge in [-0.25, -0.2) is 4.79 Å². The van der Waals surface area contributed by atoms with Crippen molar-refractivity contribution in [3.63, 3.8) is 0 Å². The van der Waals surface area contributed by atoms with Crippen molar-refractivity contribution in [2.24, 2.45) is 0 Å². The first kappa shape index (κ1) is 21.6. The molecule has 0 saturated carbocycles. The van der Waals surface area contributed by atoms with Crippen LogP contribution in [0.15, 0.2) is 58.6 Å². The molecule has 0 radical (unpaired) electrons. The van der Waals surface area contributed by atoms with Gasteiger partial charge in [-0.3, -0.25) is 14.3 Å². The monoisotopic (exact) mass is 454 g/mol. The zero-order chi connectivity index (χ0) is 21.6. The Kier molecular flexibility index (Phi) is 7.04. The number of amides is 1. The molecule has 3 aromatic rings. The Bertz CT molecular complexity index is 1120. The first-order valence-corrected chi connectivity index (χ1v) is 11.6. The lowest BCUT2D eigenvalue weighted by molar-refractivity contribution is -0.118. The van der Waals surface area contributed by atoms with Gasteiger partial charge in [-0.15, -0.1) is 0 Å².